The number of carbonyl (C=O) groups is 1. The van der Waals surface area contributed by atoms with Crippen LogP contribution in [0.1, 0.15) is 5.82 Å². The fourth-order valence-corrected chi connectivity index (χ4v) is 3.09. The van der Waals surface area contributed by atoms with Gasteiger partial charge in [-0.15, -0.1) is 0 Å². The summed E-state index contributed by atoms with van der Waals surface area (Å²) in [7, 11) is 3.45. The molecule has 7 heteroatoms. The van der Waals surface area contributed by atoms with E-state index in [-0.39, 0.29) is 12.5 Å². The molecule has 0 saturated heterocycles. The van der Waals surface area contributed by atoms with Crippen molar-refractivity contribution < 1.29 is 9.53 Å². The molecule has 2 heterocycles. The molecule has 0 aliphatic rings. The van der Waals surface area contributed by atoms with Crippen LogP contribution in [0, 0.1) is 0 Å². The number of H-pyrrole nitrogens is 1. The largest absolute Gasteiger partial charge is 0.497 e. The zero-order chi connectivity index (χ0) is 18.8. The fraction of sp³-hybridized carbons (Fsp3) is 0.250. The Morgan fingerprint density at radius 3 is 2.96 bits per heavy atom. The van der Waals surface area contributed by atoms with Crippen LogP contribution >= 0.6 is 0 Å². The number of amides is 1. The molecule has 4 rings (SSSR count). The number of para-hydroxylation sites is 1. The van der Waals surface area contributed by atoms with Crippen molar-refractivity contribution in [2.24, 2.45) is 0 Å². The zero-order valence-corrected chi connectivity index (χ0v) is 15.3. The first-order valence-electron chi connectivity index (χ1n) is 8.81. The first kappa shape index (κ1) is 17.1. The molecule has 0 radical (unpaired) electrons. The molecule has 0 fully saturated rings. The Morgan fingerprint density at radius 2 is 2.11 bits per heavy atom. The number of imidazole rings is 1. The summed E-state index contributed by atoms with van der Waals surface area (Å²) in [5, 5.41) is 5.35. The van der Waals surface area contributed by atoms with Crippen LogP contribution in [-0.4, -0.2) is 51.3 Å². The molecule has 0 atom stereocenters. The second-order valence-electron chi connectivity index (χ2n) is 6.49. The van der Waals surface area contributed by atoms with Crippen molar-refractivity contribution in [3.05, 3.63) is 54.5 Å². The number of carbonyl (C=O) groups excluding carboxylic acids is 1. The normalized spacial score (nSPS) is 11.2. The maximum Gasteiger partial charge on any atom is 0.244 e. The molecule has 0 bridgehead atoms. The highest BCUT2D eigenvalue weighted by Crippen LogP contribution is 2.19. The van der Waals surface area contributed by atoms with Gasteiger partial charge in [0, 0.05) is 31.5 Å². The second-order valence-corrected chi connectivity index (χ2v) is 6.49. The molecule has 1 N–H and O–H groups in total. The average molecular weight is 363 g/mol. The summed E-state index contributed by atoms with van der Waals surface area (Å²) in [6.07, 6.45) is 2.43. The fourth-order valence-electron chi connectivity index (χ4n) is 3.09. The van der Waals surface area contributed by atoms with E-state index < -0.39 is 0 Å². The lowest BCUT2D eigenvalue weighted by molar-refractivity contribution is -0.130. The van der Waals surface area contributed by atoms with Gasteiger partial charge in [0.25, 0.3) is 0 Å². The van der Waals surface area contributed by atoms with Crippen molar-refractivity contribution in [3.63, 3.8) is 0 Å². The summed E-state index contributed by atoms with van der Waals surface area (Å²) in [4.78, 5) is 22.1. The standard InChI is InChI=1S/C20H21N5O2/c1-24(20(26)13-25-18-6-4-3-5-14(18)12-21-25)10-9-19-22-16-8-7-15(27-2)11-17(16)23-19/h3-8,11-12H,9-10,13H2,1-2H3,(H,22,23). The van der Waals surface area contributed by atoms with Crippen LogP contribution in [0.15, 0.2) is 48.7 Å². The maximum atomic E-state index is 12.5. The summed E-state index contributed by atoms with van der Waals surface area (Å²) in [6.45, 7) is 0.802. The van der Waals surface area contributed by atoms with E-state index in [0.717, 1.165) is 33.5 Å². The van der Waals surface area contributed by atoms with E-state index >= 15 is 0 Å². The summed E-state index contributed by atoms with van der Waals surface area (Å²) in [5.41, 5.74) is 2.79. The smallest absolute Gasteiger partial charge is 0.244 e. The Morgan fingerprint density at radius 1 is 1.26 bits per heavy atom. The van der Waals surface area contributed by atoms with Gasteiger partial charge in [-0.25, -0.2) is 4.98 Å². The van der Waals surface area contributed by atoms with Crippen LogP contribution in [0.2, 0.25) is 0 Å². The van der Waals surface area contributed by atoms with E-state index in [1.807, 2.05) is 42.5 Å². The number of rotatable bonds is 6. The van der Waals surface area contributed by atoms with Crippen molar-refractivity contribution in [1.82, 2.24) is 24.6 Å². The number of aromatic amines is 1. The Kier molecular flexibility index (Phi) is 4.50. The SMILES string of the molecule is COc1ccc2nc(CCN(C)C(=O)Cn3ncc4ccccc43)[nH]c2c1. The van der Waals surface area contributed by atoms with Crippen LogP contribution < -0.4 is 4.74 Å². The first-order chi connectivity index (χ1) is 13.1. The Labute approximate surface area is 156 Å². The molecule has 0 unspecified atom stereocenters. The van der Waals surface area contributed by atoms with Crippen LogP contribution in [0.3, 0.4) is 0 Å². The predicted octanol–water partition coefficient (Wildman–Crippen LogP) is 2.62. The number of likely N-dealkylation sites (N-methyl/N-ethyl adjacent to an activating group) is 1. The molecule has 0 spiro atoms. The van der Waals surface area contributed by atoms with Crippen molar-refractivity contribution in [3.8, 4) is 5.75 Å². The monoisotopic (exact) mass is 363 g/mol. The van der Waals surface area contributed by atoms with Crippen LogP contribution in [0.25, 0.3) is 21.9 Å². The van der Waals surface area contributed by atoms with Gasteiger partial charge in [0.2, 0.25) is 5.91 Å². The number of hydrogen-bond donors (Lipinski definition) is 1. The first-order valence-corrected chi connectivity index (χ1v) is 8.81. The van der Waals surface area contributed by atoms with E-state index in [1.165, 1.54) is 0 Å². The minimum Gasteiger partial charge on any atom is -0.497 e. The molecule has 138 valence electrons. The Bertz CT molecular complexity index is 1100. The van der Waals surface area contributed by atoms with Gasteiger partial charge >= 0.3 is 0 Å². The molecule has 27 heavy (non-hydrogen) atoms. The zero-order valence-electron chi connectivity index (χ0n) is 15.3. The van der Waals surface area contributed by atoms with Crippen molar-refractivity contribution >= 4 is 27.8 Å². The van der Waals surface area contributed by atoms with Gasteiger partial charge in [0.15, 0.2) is 0 Å². The van der Waals surface area contributed by atoms with Crippen LogP contribution in [0.4, 0.5) is 0 Å². The molecule has 7 nitrogen and oxygen atoms in total. The number of ether oxygens (including phenoxy) is 1. The molecule has 0 saturated carbocycles. The van der Waals surface area contributed by atoms with Crippen molar-refractivity contribution in [2.75, 3.05) is 20.7 Å². The molecule has 1 amide bonds. The molecule has 2 aromatic heterocycles. The average Bonchev–Trinajstić information content (AvgIpc) is 3.29. The molecule has 2 aromatic carbocycles. The maximum absolute atomic E-state index is 12.5. The van der Waals surface area contributed by atoms with Gasteiger partial charge in [0.1, 0.15) is 18.1 Å². The summed E-state index contributed by atoms with van der Waals surface area (Å²) in [5.74, 6) is 1.65. The van der Waals surface area contributed by atoms with Gasteiger partial charge < -0.3 is 14.6 Å². The number of nitrogens with zero attached hydrogens (tertiary/aromatic N) is 4. The number of aromatic nitrogens is 4. The highest BCUT2D eigenvalue weighted by atomic mass is 16.5. The van der Waals surface area contributed by atoms with E-state index in [0.29, 0.717) is 13.0 Å². The van der Waals surface area contributed by atoms with E-state index in [9.17, 15) is 4.79 Å². The van der Waals surface area contributed by atoms with Crippen molar-refractivity contribution in [2.45, 2.75) is 13.0 Å². The van der Waals surface area contributed by atoms with Gasteiger partial charge in [-0.3, -0.25) is 9.48 Å². The van der Waals surface area contributed by atoms with E-state index in [4.69, 9.17) is 4.74 Å². The number of hydrogen-bond acceptors (Lipinski definition) is 4. The van der Waals surface area contributed by atoms with Crippen LogP contribution in [0.5, 0.6) is 5.75 Å². The topological polar surface area (TPSA) is 76.0 Å². The van der Waals surface area contributed by atoms with Crippen LogP contribution in [-0.2, 0) is 17.8 Å². The molecular formula is C20H21N5O2. The molecular weight excluding hydrogens is 342 g/mol. The number of benzene rings is 2. The highest BCUT2D eigenvalue weighted by Gasteiger charge is 2.13. The van der Waals surface area contributed by atoms with Gasteiger partial charge in [-0.1, -0.05) is 18.2 Å². The van der Waals surface area contributed by atoms with Gasteiger partial charge in [0.05, 0.1) is 29.9 Å². The third-order valence-corrected chi connectivity index (χ3v) is 4.68. The minimum absolute atomic E-state index is 0.0154. The van der Waals surface area contributed by atoms with E-state index in [1.54, 1.807) is 29.9 Å². The molecule has 4 aromatic rings. The number of nitrogens with one attached hydrogen (secondary N) is 1. The number of fused-ring (bicyclic) bond motifs is 2. The third-order valence-electron chi connectivity index (χ3n) is 4.68. The third kappa shape index (κ3) is 3.48. The second kappa shape index (κ2) is 7.11. The lowest BCUT2D eigenvalue weighted by atomic mass is 10.2. The lowest BCUT2D eigenvalue weighted by Crippen LogP contribution is -2.32. The molecule has 0 aliphatic heterocycles. The summed E-state index contributed by atoms with van der Waals surface area (Å²) < 4.78 is 6.97. The van der Waals surface area contributed by atoms with Gasteiger partial charge in [-0.05, 0) is 18.2 Å². The Hall–Kier alpha value is -3.35. The highest BCUT2D eigenvalue weighted by molar-refractivity contribution is 5.82. The lowest BCUT2D eigenvalue weighted by Gasteiger charge is -2.16. The summed E-state index contributed by atoms with van der Waals surface area (Å²) >= 11 is 0. The Balaban J connectivity index is 1.40. The summed E-state index contributed by atoms with van der Waals surface area (Å²) in [6, 6.07) is 13.6. The van der Waals surface area contributed by atoms with E-state index in [2.05, 4.69) is 15.1 Å². The predicted molar refractivity (Wildman–Crippen MR) is 104 cm³/mol. The molecule has 0 aliphatic carbocycles. The quantitative estimate of drug-likeness (QED) is 0.571. The minimum atomic E-state index is 0.0154. The van der Waals surface area contributed by atoms with Gasteiger partial charge in [-0.2, -0.15) is 5.10 Å². The van der Waals surface area contributed by atoms with Crippen molar-refractivity contribution in [1.29, 1.82) is 0 Å². The number of methoxy groups -OCH3 is 1.